The molecule has 0 unspecified atom stereocenters. The van der Waals surface area contributed by atoms with E-state index in [1.165, 1.54) is 0 Å². The molecule has 0 atom stereocenters. The highest BCUT2D eigenvalue weighted by Crippen LogP contribution is 2.23. The number of hydrogen-bond acceptors (Lipinski definition) is 4. The predicted molar refractivity (Wildman–Crippen MR) is 89.7 cm³/mol. The average Bonchev–Trinajstić information content (AvgIpc) is 2.97. The molecule has 0 aliphatic heterocycles. The molecule has 2 N–H and O–H groups in total. The standard InChI is InChI=1S/C16H19ClN4O3/c1-10(2)15-19-14(16(24)18-9-5-8-13(22)23)20-21(15)12-7-4-3-6-11(12)17/h3-4,6-7,10H,5,8-9H2,1-2H3,(H,18,24)(H,22,23). The number of carbonyl (C=O) groups is 2. The van der Waals surface area contributed by atoms with Gasteiger partial charge in [0.25, 0.3) is 5.91 Å². The first kappa shape index (κ1) is 17.9. The molecule has 0 saturated heterocycles. The van der Waals surface area contributed by atoms with E-state index in [2.05, 4.69) is 15.4 Å². The highest BCUT2D eigenvalue weighted by molar-refractivity contribution is 6.32. The molecule has 7 nitrogen and oxygen atoms in total. The summed E-state index contributed by atoms with van der Waals surface area (Å²) in [6, 6.07) is 7.19. The van der Waals surface area contributed by atoms with E-state index in [9.17, 15) is 9.59 Å². The SMILES string of the molecule is CC(C)c1nc(C(=O)NCCCC(=O)O)nn1-c1ccccc1Cl. The molecule has 0 fully saturated rings. The van der Waals surface area contributed by atoms with Crippen LogP contribution >= 0.6 is 11.6 Å². The summed E-state index contributed by atoms with van der Waals surface area (Å²) in [7, 11) is 0. The molecule has 128 valence electrons. The van der Waals surface area contributed by atoms with Crippen molar-refractivity contribution in [3.05, 3.63) is 40.9 Å². The monoisotopic (exact) mass is 350 g/mol. The summed E-state index contributed by atoms with van der Waals surface area (Å²) >= 11 is 6.21. The predicted octanol–water partition coefficient (Wildman–Crippen LogP) is 2.64. The Morgan fingerprint density at radius 2 is 2.04 bits per heavy atom. The van der Waals surface area contributed by atoms with Crippen molar-refractivity contribution in [2.45, 2.75) is 32.6 Å². The number of nitrogens with zero attached hydrogens (tertiary/aromatic N) is 3. The summed E-state index contributed by atoms with van der Waals surface area (Å²) in [6.45, 7) is 4.15. The Hall–Kier alpha value is -2.41. The van der Waals surface area contributed by atoms with E-state index in [-0.39, 0.29) is 24.7 Å². The zero-order chi connectivity index (χ0) is 17.7. The number of carbonyl (C=O) groups excluding carboxylic acids is 1. The zero-order valence-electron chi connectivity index (χ0n) is 13.5. The molecule has 1 amide bonds. The molecule has 1 aromatic heterocycles. The van der Waals surface area contributed by atoms with Crippen molar-refractivity contribution in [3.63, 3.8) is 0 Å². The summed E-state index contributed by atoms with van der Waals surface area (Å²) in [5.41, 5.74) is 0.653. The number of benzene rings is 1. The van der Waals surface area contributed by atoms with E-state index >= 15 is 0 Å². The number of hydrogen-bond donors (Lipinski definition) is 2. The van der Waals surface area contributed by atoms with Crippen LogP contribution in [0.25, 0.3) is 5.69 Å². The normalized spacial score (nSPS) is 10.8. The van der Waals surface area contributed by atoms with Crippen LogP contribution in [0, 0.1) is 0 Å². The van der Waals surface area contributed by atoms with Gasteiger partial charge >= 0.3 is 5.97 Å². The van der Waals surface area contributed by atoms with Gasteiger partial charge < -0.3 is 10.4 Å². The van der Waals surface area contributed by atoms with Crippen LogP contribution in [0.1, 0.15) is 49.1 Å². The molecule has 2 rings (SSSR count). The minimum atomic E-state index is -0.896. The lowest BCUT2D eigenvalue weighted by molar-refractivity contribution is -0.137. The van der Waals surface area contributed by atoms with Gasteiger partial charge in [0.2, 0.25) is 5.82 Å². The molecular formula is C16H19ClN4O3. The van der Waals surface area contributed by atoms with Crippen molar-refractivity contribution in [2.75, 3.05) is 6.54 Å². The third-order valence-electron chi connectivity index (χ3n) is 3.29. The lowest BCUT2D eigenvalue weighted by Crippen LogP contribution is -2.26. The van der Waals surface area contributed by atoms with Crippen LogP contribution in [0.15, 0.2) is 24.3 Å². The largest absolute Gasteiger partial charge is 0.481 e. The number of amides is 1. The van der Waals surface area contributed by atoms with Crippen LogP contribution in [-0.2, 0) is 4.79 Å². The van der Waals surface area contributed by atoms with Crippen LogP contribution in [0.2, 0.25) is 5.02 Å². The summed E-state index contributed by atoms with van der Waals surface area (Å²) in [5.74, 6) is -0.629. The first-order chi connectivity index (χ1) is 11.4. The maximum Gasteiger partial charge on any atom is 0.303 e. The van der Waals surface area contributed by atoms with E-state index in [0.717, 1.165) is 0 Å². The smallest absolute Gasteiger partial charge is 0.303 e. The second-order valence-electron chi connectivity index (χ2n) is 5.56. The topological polar surface area (TPSA) is 97.1 Å². The second-order valence-corrected chi connectivity index (χ2v) is 5.97. The van der Waals surface area contributed by atoms with E-state index in [0.29, 0.717) is 23.0 Å². The van der Waals surface area contributed by atoms with Gasteiger partial charge in [0.05, 0.1) is 10.7 Å². The summed E-state index contributed by atoms with van der Waals surface area (Å²) in [6.07, 6.45) is 0.350. The van der Waals surface area contributed by atoms with Crippen molar-refractivity contribution in [3.8, 4) is 5.69 Å². The third-order valence-corrected chi connectivity index (χ3v) is 3.60. The molecule has 0 saturated carbocycles. The fourth-order valence-electron chi connectivity index (χ4n) is 2.12. The Morgan fingerprint density at radius 3 is 2.67 bits per heavy atom. The van der Waals surface area contributed by atoms with Crippen LogP contribution < -0.4 is 5.32 Å². The Morgan fingerprint density at radius 1 is 1.33 bits per heavy atom. The minimum Gasteiger partial charge on any atom is -0.481 e. The molecule has 0 aliphatic rings. The first-order valence-electron chi connectivity index (χ1n) is 7.62. The van der Waals surface area contributed by atoms with Gasteiger partial charge in [-0.3, -0.25) is 9.59 Å². The van der Waals surface area contributed by atoms with E-state index in [1.54, 1.807) is 16.8 Å². The number of nitrogens with one attached hydrogen (secondary N) is 1. The summed E-state index contributed by atoms with van der Waals surface area (Å²) < 4.78 is 1.57. The molecule has 2 aromatic rings. The molecular weight excluding hydrogens is 332 g/mol. The van der Waals surface area contributed by atoms with Crippen molar-refractivity contribution >= 4 is 23.5 Å². The van der Waals surface area contributed by atoms with E-state index in [4.69, 9.17) is 16.7 Å². The molecule has 24 heavy (non-hydrogen) atoms. The molecule has 1 heterocycles. The van der Waals surface area contributed by atoms with Gasteiger partial charge in [0.15, 0.2) is 0 Å². The summed E-state index contributed by atoms with van der Waals surface area (Å²) in [4.78, 5) is 26.9. The number of para-hydroxylation sites is 1. The van der Waals surface area contributed by atoms with Gasteiger partial charge in [-0.15, -0.1) is 5.10 Å². The lowest BCUT2D eigenvalue weighted by atomic mass is 10.2. The number of aromatic nitrogens is 3. The van der Waals surface area contributed by atoms with Gasteiger partial charge in [-0.1, -0.05) is 37.6 Å². The highest BCUT2D eigenvalue weighted by Gasteiger charge is 2.20. The molecule has 8 heteroatoms. The van der Waals surface area contributed by atoms with Crippen molar-refractivity contribution in [1.29, 1.82) is 0 Å². The fourth-order valence-corrected chi connectivity index (χ4v) is 2.33. The maximum absolute atomic E-state index is 12.2. The first-order valence-corrected chi connectivity index (χ1v) is 7.99. The van der Waals surface area contributed by atoms with E-state index < -0.39 is 11.9 Å². The minimum absolute atomic E-state index is 0.000976. The Kier molecular flexibility index (Phi) is 5.92. The van der Waals surface area contributed by atoms with Crippen LogP contribution in [0.3, 0.4) is 0 Å². The number of carboxylic acid groups (broad SMARTS) is 1. The van der Waals surface area contributed by atoms with Crippen molar-refractivity contribution < 1.29 is 14.7 Å². The quantitative estimate of drug-likeness (QED) is 0.748. The maximum atomic E-state index is 12.2. The lowest BCUT2D eigenvalue weighted by Gasteiger charge is -2.09. The van der Waals surface area contributed by atoms with Gasteiger partial charge in [-0.25, -0.2) is 9.67 Å². The number of rotatable bonds is 7. The van der Waals surface area contributed by atoms with Crippen LogP contribution in [0.5, 0.6) is 0 Å². The van der Waals surface area contributed by atoms with Crippen molar-refractivity contribution in [1.82, 2.24) is 20.1 Å². The molecule has 0 spiro atoms. The molecule has 0 bridgehead atoms. The Balaban J connectivity index is 2.21. The average molecular weight is 351 g/mol. The Bertz CT molecular complexity index is 743. The fraction of sp³-hybridized carbons (Fsp3) is 0.375. The van der Waals surface area contributed by atoms with E-state index in [1.807, 2.05) is 26.0 Å². The van der Waals surface area contributed by atoms with Crippen LogP contribution in [0.4, 0.5) is 0 Å². The van der Waals surface area contributed by atoms with Crippen LogP contribution in [-0.4, -0.2) is 38.3 Å². The van der Waals surface area contributed by atoms with Gasteiger partial charge in [-0.2, -0.15) is 0 Å². The summed E-state index contributed by atoms with van der Waals surface area (Å²) in [5, 5.41) is 16.0. The Labute approximate surface area is 144 Å². The molecule has 0 aliphatic carbocycles. The van der Waals surface area contributed by atoms with Gasteiger partial charge in [0, 0.05) is 18.9 Å². The number of halogens is 1. The van der Waals surface area contributed by atoms with Crippen molar-refractivity contribution in [2.24, 2.45) is 0 Å². The third kappa shape index (κ3) is 4.32. The second kappa shape index (κ2) is 7.92. The number of aliphatic carboxylic acids is 1. The van der Waals surface area contributed by atoms with Gasteiger partial charge in [0.1, 0.15) is 5.82 Å². The molecule has 0 radical (unpaired) electrons. The highest BCUT2D eigenvalue weighted by atomic mass is 35.5. The molecule has 1 aromatic carbocycles. The number of carboxylic acids is 1. The van der Waals surface area contributed by atoms with Gasteiger partial charge in [-0.05, 0) is 18.6 Å². The zero-order valence-corrected chi connectivity index (χ0v) is 14.2.